The van der Waals surface area contributed by atoms with E-state index in [2.05, 4.69) is 29.6 Å². The molecular weight excluding hydrogens is 250 g/mol. The molecule has 102 valence electrons. The zero-order valence-corrected chi connectivity index (χ0v) is 11.1. The second-order valence-electron chi connectivity index (χ2n) is 5.27. The molecule has 0 atom stereocenters. The zero-order valence-electron chi connectivity index (χ0n) is 11.1. The Hall–Kier alpha value is -2.29. The molecule has 1 aliphatic rings. The van der Waals surface area contributed by atoms with Crippen LogP contribution in [0.3, 0.4) is 0 Å². The summed E-state index contributed by atoms with van der Waals surface area (Å²) in [6.45, 7) is 0. The second-order valence-corrected chi connectivity index (χ2v) is 5.27. The number of hydrogen-bond donors (Lipinski definition) is 2. The molecule has 2 aromatic carbocycles. The van der Waals surface area contributed by atoms with Gasteiger partial charge in [0, 0.05) is 11.7 Å². The number of anilines is 1. The number of rotatable bonds is 4. The van der Waals surface area contributed by atoms with Gasteiger partial charge >= 0.3 is 5.97 Å². The minimum absolute atomic E-state index is 0.343. The van der Waals surface area contributed by atoms with Crippen molar-refractivity contribution in [2.75, 3.05) is 5.32 Å². The van der Waals surface area contributed by atoms with E-state index in [1.807, 2.05) is 18.2 Å². The molecule has 3 nitrogen and oxygen atoms in total. The van der Waals surface area contributed by atoms with E-state index in [-0.39, 0.29) is 0 Å². The van der Waals surface area contributed by atoms with E-state index in [1.54, 1.807) is 12.1 Å². The Morgan fingerprint density at radius 3 is 2.35 bits per heavy atom. The molecule has 0 aliphatic heterocycles. The zero-order chi connectivity index (χ0) is 13.9. The number of para-hydroxylation sites is 1. The smallest absolute Gasteiger partial charge is 0.337 e. The predicted octanol–water partition coefficient (Wildman–Crippen LogP) is 3.74. The summed E-state index contributed by atoms with van der Waals surface area (Å²) in [5.41, 5.74) is 2.43. The topological polar surface area (TPSA) is 49.3 Å². The molecule has 3 rings (SSSR count). The molecule has 0 bridgehead atoms. The fraction of sp³-hybridized carbons (Fsp3) is 0.235. The van der Waals surface area contributed by atoms with Gasteiger partial charge in [0.25, 0.3) is 0 Å². The minimum Gasteiger partial charge on any atom is -0.478 e. The Bertz CT molecular complexity index is 603. The van der Waals surface area contributed by atoms with Gasteiger partial charge in [-0.3, -0.25) is 0 Å². The molecule has 0 spiro atoms. The first-order valence-corrected chi connectivity index (χ1v) is 6.88. The van der Waals surface area contributed by atoms with Crippen LogP contribution >= 0.6 is 0 Å². The number of carboxylic acid groups (broad SMARTS) is 1. The Kier molecular flexibility index (Phi) is 3.42. The Morgan fingerprint density at radius 2 is 1.65 bits per heavy atom. The van der Waals surface area contributed by atoms with Crippen LogP contribution in [0.1, 0.15) is 34.7 Å². The number of aromatic carboxylic acids is 1. The fourth-order valence-corrected chi connectivity index (χ4v) is 2.75. The first kappa shape index (κ1) is 12.7. The summed E-state index contributed by atoms with van der Waals surface area (Å²) in [5.74, 6) is -0.294. The third-order valence-corrected chi connectivity index (χ3v) is 3.93. The molecule has 0 heterocycles. The highest BCUT2D eigenvalue weighted by atomic mass is 16.4. The van der Waals surface area contributed by atoms with Crippen molar-refractivity contribution >= 4 is 11.7 Å². The third kappa shape index (κ3) is 2.52. The lowest BCUT2D eigenvalue weighted by atomic mass is 9.76. The van der Waals surface area contributed by atoms with Gasteiger partial charge in [0.15, 0.2) is 0 Å². The highest BCUT2D eigenvalue weighted by molar-refractivity contribution is 5.94. The van der Waals surface area contributed by atoms with Crippen molar-refractivity contribution in [3.05, 3.63) is 65.7 Å². The molecule has 3 heteroatoms. The number of benzene rings is 2. The molecule has 2 aromatic rings. The molecule has 1 fully saturated rings. The molecule has 20 heavy (non-hydrogen) atoms. The van der Waals surface area contributed by atoms with Gasteiger partial charge < -0.3 is 10.4 Å². The molecule has 1 saturated carbocycles. The molecule has 2 N–H and O–H groups in total. The van der Waals surface area contributed by atoms with Crippen LogP contribution in [0.4, 0.5) is 5.69 Å². The Morgan fingerprint density at radius 1 is 1.00 bits per heavy atom. The summed E-state index contributed by atoms with van der Waals surface area (Å²) in [4.78, 5) is 11.2. The number of nitrogens with one attached hydrogen (secondary N) is 1. The third-order valence-electron chi connectivity index (χ3n) is 3.93. The highest BCUT2D eigenvalue weighted by Gasteiger charge is 2.30. The van der Waals surface area contributed by atoms with Crippen molar-refractivity contribution < 1.29 is 9.90 Å². The van der Waals surface area contributed by atoms with Crippen LogP contribution in [-0.4, -0.2) is 17.1 Å². The van der Waals surface area contributed by atoms with Gasteiger partial charge in [0.05, 0.1) is 5.56 Å². The van der Waals surface area contributed by atoms with Crippen molar-refractivity contribution in [1.82, 2.24) is 0 Å². The lowest BCUT2D eigenvalue weighted by molar-refractivity contribution is 0.0698. The Labute approximate surface area is 118 Å². The van der Waals surface area contributed by atoms with Gasteiger partial charge in [-0.15, -0.1) is 0 Å². The lowest BCUT2D eigenvalue weighted by Gasteiger charge is -2.37. The van der Waals surface area contributed by atoms with E-state index in [1.165, 1.54) is 5.56 Å². The number of carboxylic acids is 1. The number of hydrogen-bond acceptors (Lipinski definition) is 2. The van der Waals surface area contributed by atoms with Crippen LogP contribution in [0.15, 0.2) is 54.6 Å². The fourth-order valence-electron chi connectivity index (χ4n) is 2.75. The SMILES string of the molecule is O=C(O)c1ccccc1NC1CC(c2ccccc2)C1. The molecule has 0 unspecified atom stereocenters. The first-order chi connectivity index (χ1) is 9.74. The van der Waals surface area contributed by atoms with E-state index in [9.17, 15) is 4.79 Å². The van der Waals surface area contributed by atoms with Crippen LogP contribution in [0.2, 0.25) is 0 Å². The Balaban J connectivity index is 1.63. The average molecular weight is 267 g/mol. The maximum Gasteiger partial charge on any atom is 0.337 e. The average Bonchev–Trinajstić information content (AvgIpc) is 2.43. The molecular formula is C17H17NO2. The first-order valence-electron chi connectivity index (χ1n) is 6.88. The van der Waals surface area contributed by atoms with Crippen molar-refractivity contribution in [1.29, 1.82) is 0 Å². The largest absolute Gasteiger partial charge is 0.478 e. The van der Waals surface area contributed by atoms with E-state index in [0.717, 1.165) is 18.5 Å². The minimum atomic E-state index is -0.882. The molecule has 0 aromatic heterocycles. The van der Waals surface area contributed by atoms with Crippen molar-refractivity contribution in [2.24, 2.45) is 0 Å². The van der Waals surface area contributed by atoms with Gasteiger partial charge in [-0.05, 0) is 36.5 Å². The second kappa shape index (κ2) is 5.37. The van der Waals surface area contributed by atoms with Gasteiger partial charge in [0.2, 0.25) is 0 Å². The van der Waals surface area contributed by atoms with Crippen molar-refractivity contribution in [3.63, 3.8) is 0 Å². The molecule has 0 amide bonds. The van der Waals surface area contributed by atoms with E-state index >= 15 is 0 Å². The van der Waals surface area contributed by atoms with Gasteiger partial charge in [-0.1, -0.05) is 42.5 Å². The summed E-state index contributed by atoms with van der Waals surface area (Å²) in [7, 11) is 0. The van der Waals surface area contributed by atoms with Crippen LogP contribution in [0, 0.1) is 0 Å². The van der Waals surface area contributed by atoms with Crippen LogP contribution < -0.4 is 5.32 Å². The van der Waals surface area contributed by atoms with Gasteiger partial charge in [0.1, 0.15) is 0 Å². The van der Waals surface area contributed by atoms with E-state index < -0.39 is 5.97 Å². The van der Waals surface area contributed by atoms with Crippen LogP contribution in [0.25, 0.3) is 0 Å². The highest BCUT2D eigenvalue weighted by Crippen LogP contribution is 2.38. The summed E-state index contributed by atoms with van der Waals surface area (Å²) < 4.78 is 0. The maximum atomic E-state index is 11.2. The van der Waals surface area contributed by atoms with Gasteiger partial charge in [-0.25, -0.2) is 4.79 Å². The van der Waals surface area contributed by atoms with Crippen LogP contribution in [0.5, 0.6) is 0 Å². The van der Waals surface area contributed by atoms with E-state index in [0.29, 0.717) is 17.5 Å². The predicted molar refractivity (Wildman–Crippen MR) is 79.2 cm³/mol. The lowest BCUT2D eigenvalue weighted by Crippen LogP contribution is -2.34. The summed E-state index contributed by atoms with van der Waals surface area (Å²) in [6.07, 6.45) is 2.11. The summed E-state index contributed by atoms with van der Waals surface area (Å²) >= 11 is 0. The molecule has 1 aliphatic carbocycles. The van der Waals surface area contributed by atoms with Crippen LogP contribution in [-0.2, 0) is 0 Å². The normalized spacial score (nSPS) is 21.0. The molecule has 0 saturated heterocycles. The van der Waals surface area contributed by atoms with E-state index in [4.69, 9.17) is 5.11 Å². The maximum absolute atomic E-state index is 11.2. The van der Waals surface area contributed by atoms with Crippen molar-refractivity contribution in [3.8, 4) is 0 Å². The number of carbonyl (C=O) groups is 1. The quantitative estimate of drug-likeness (QED) is 0.887. The summed E-state index contributed by atoms with van der Waals surface area (Å²) in [6, 6.07) is 17.9. The standard InChI is InChI=1S/C17H17NO2/c19-17(20)15-8-4-5-9-16(15)18-14-10-13(11-14)12-6-2-1-3-7-12/h1-9,13-14,18H,10-11H2,(H,19,20). The monoisotopic (exact) mass is 267 g/mol. The van der Waals surface area contributed by atoms with Crippen molar-refractivity contribution in [2.45, 2.75) is 24.8 Å². The molecule has 0 radical (unpaired) electrons. The summed E-state index contributed by atoms with van der Waals surface area (Å²) in [5, 5.41) is 12.5. The van der Waals surface area contributed by atoms with Gasteiger partial charge in [-0.2, -0.15) is 0 Å².